The topological polar surface area (TPSA) is 62.7 Å². The van der Waals surface area contributed by atoms with Crippen molar-refractivity contribution in [1.29, 1.82) is 0 Å². The Labute approximate surface area is 176 Å². The van der Waals surface area contributed by atoms with Crippen LogP contribution >= 0.6 is 0 Å². The quantitative estimate of drug-likeness (QED) is 0.685. The molecule has 2 fully saturated rings. The number of ether oxygens (including phenoxy) is 1. The molecule has 2 saturated heterocycles. The van der Waals surface area contributed by atoms with Crippen LogP contribution < -0.4 is 0 Å². The summed E-state index contributed by atoms with van der Waals surface area (Å²) in [7, 11) is 0. The van der Waals surface area contributed by atoms with E-state index in [0.29, 0.717) is 18.5 Å². The number of hydrogen-bond donors (Lipinski definition) is 1. The van der Waals surface area contributed by atoms with Gasteiger partial charge in [0.25, 0.3) is 0 Å². The van der Waals surface area contributed by atoms with Crippen LogP contribution in [0.3, 0.4) is 0 Å². The van der Waals surface area contributed by atoms with Crippen molar-refractivity contribution in [2.75, 3.05) is 0 Å². The first kappa shape index (κ1) is 19.1. The minimum atomic E-state index is -1.02. The Morgan fingerprint density at radius 2 is 1.70 bits per heavy atom. The molecule has 154 valence electrons. The van der Waals surface area contributed by atoms with E-state index in [9.17, 15) is 9.90 Å². The Balaban J connectivity index is 1.35. The zero-order chi connectivity index (χ0) is 20.6. The lowest BCUT2D eigenvalue weighted by Gasteiger charge is -2.51. The van der Waals surface area contributed by atoms with E-state index in [1.165, 1.54) is 0 Å². The summed E-state index contributed by atoms with van der Waals surface area (Å²) in [6.45, 7) is 0.270. The maximum Gasteiger partial charge on any atom is 0.410 e. The summed E-state index contributed by atoms with van der Waals surface area (Å²) < 4.78 is 5.63. The first-order chi connectivity index (χ1) is 14.6. The molecule has 2 atom stereocenters. The molecule has 0 spiro atoms. The van der Waals surface area contributed by atoms with Crippen molar-refractivity contribution in [3.63, 3.8) is 0 Å². The minimum absolute atomic E-state index is 0.0287. The van der Waals surface area contributed by atoms with Crippen LogP contribution in [-0.4, -0.2) is 33.2 Å². The summed E-state index contributed by atoms with van der Waals surface area (Å²) in [6, 6.07) is 21.6. The Bertz CT molecular complexity index is 1040. The lowest BCUT2D eigenvalue weighted by atomic mass is 9.74. The molecule has 3 aromatic rings. The Kier molecular flexibility index (Phi) is 4.91. The van der Waals surface area contributed by atoms with Gasteiger partial charge in [-0.05, 0) is 37.0 Å². The fourth-order valence-corrected chi connectivity index (χ4v) is 5.06. The van der Waals surface area contributed by atoms with Gasteiger partial charge >= 0.3 is 6.09 Å². The van der Waals surface area contributed by atoms with Gasteiger partial charge in [-0.15, -0.1) is 0 Å². The van der Waals surface area contributed by atoms with E-state index in [0.717, 1.165) is 35.7 Å². The van der Waals surface area contributed by atoms with Crippen molar-refractivity contribution in [1.82, 2.24) is 9.88 Å². The van der Waals surface area contributed by atoms with Crippen LogP contribution in [0.25, 0.3) is 10.9 Å². The molecule has 5 rings (SSSR count). The van der Waals surface area contributed by atoms with Gasteiger partial charge in [-0.3, -0.25) is 0 Å². The Morgan fingerprint density at radius 3 is 2.47 bits per heavy atom. The van der Waals surface area contributed by atoms with E-state index < -0.39 is 5.60 Å². The molecule has 1 N–H and O–H groups in total. The number of nitrogens with zero attached hydrogens (tertiary/aromatic N) is 2. The number of amides is 1. The molecule has 0 saturated carbocycles. The molecule has 5 heteroatoms. The fourth-order valence-electron chi connectivity index (χ4n) is 5.06. The Hall–Kier alpha value is -2.92. The third-order valence-electron chi connectivity index (χ3n) is 6.50. The number of aromatic nitrogens is 1. The maximum absolute atomic E-state index is 12.9. The number of rotatable bonds is 3. The number of para-hydroxylation sites is 1. The standard InChI is InChI=1S/C25H26N2O3/c28-24(30-17-18-7-2-1-3-8-18)27-20-10-6-11-21(27)16-25(29,15-20)23-14-13-19-9-4-5-12-22(19)26-23/h1-5,7-9,12-14,20-21,29H,6,10-11,15-17H2. The number of pyridine rings is 1. The molecule has 3 heterocycles. The second-order valence-electron chi connectivity index (χ2n) is 8.52. The third kappa shape index (κ3) is 3.54. The van der Waals surface area contributed by atoms with Gasteiger partial charge in [-0.2, -0.15) is 0 Å². The number of carbonyl (C=O) groups is 1. The number of carbonyl (C=O) groups excluding carboxylic acids is 1. The highest BCUT2D eigenvalue weighted by atomic mass is 16.6. The molecular weight excluding hydrogens is 376 g/mol. The summed E-state index contributed by atoms with van der Waals surface area (Å²) in [5.41, 5.74) is 1.55. The largest absolute Gasteiger partial charge is 0.445 e. The molecule has 2 unspecified atom stereocenters. The first-order valence-electron chi connectivity index (χ1n) is 10.7. The molecule has 5 nitrogen and oxygen atoms in total. The molecule has 1 aromatic heterocycles. The van der Waals surface area contributed by atoms with Crippen molar-refractivity contribution >= 4 is 17.0 Å². The van der Waals surface area contributed by atoms with Crippen LogP contribution in [0.5, 0.6) is 0 Å². The highest BCUT2D eigenvalue weighted by Gasteiger charge is 2.49. The predicted molar refractivity (Wildman–Crippen MR) is 115 cm³/mol. The minimum Gasteiger partial charge on any atom is -0.445 e. The average Bonchev–Trinajstić information content (AvgIpc) is 2.77. The summed E-state index contributed by atoms with van der Waals surface area (Å²) >= 11 is 0. The van der Waals surface area contributed by atoms with Crippen LogP contribution in [0.4, 0.5) is 4.79 Å². The molecule has 30 heavy (non-hydrogen) atoms. The van der Waals surface area contributed by atoms with Crippen LogP contribution in [0.15, 0.2) is 66.7 Å². The zero-order valence-electron chi connectivity index (χ0n) is 16.9. The van der Waals surface area contributed by atoms with Gasteiger partial charge in [0.05, 0.1) is 11.2 Å². The van der Waals surface area contributed by atoms with Gasteiger partial charge < -0.3 is 14.7 Å². The van der Waals surface area contributed by atoms with E-state index >= 15 is 0 Å². The molecular formula is C25H26N2O3. The lowest BCUT2D eigenvalue weighted by molar-refractivity contribution is -0.0916. The first-order valence-corrected chi connectivity index (χ1v) is 10.7. The van der Waals surface area contributed by atoms with Gasteiger partial charge in [0, 0.05) is 30.3 Å². The molecule has 1 amide bonds. The highest BCUT2D eigenvalue weighted by molar-refractivity contribution is 5.78. The maximum atomic E-state index is 12.9. The van der Waals surface area contributed by atoms with Crippen LogP contribution in [-0.2, 0) is 16.9 Å². The Morgan fingerprint density at radius 1 is 1.00 bits per heavy atom. The summed E-state index contributed by atoms with van der Waals surface area (Å²) in [5, 5.41) is 12.6. The summed E-state index contributed by atoms with van der Waals surface area (Å²) in [4.78, 5) is 19.5. The van der Waals surface area contributed by atoms with Gasteiger partial charge in [0.1, 0.15) is 12.2 Å². The monoisotopic (exact) mass is 402 g/mol. The predicted octanol–water partition coefficient (Wildman–Crippen LogP) is 4.78. The zero-order valence-corrected chi connectivity index (χ0v) is 16.9. The second-order valence-corrected chi connectivity index (χ2v) is 8.52. The molecule has 2 bridgehead atoms. The van der Waals surface area contributed by atoms with Gasteiger partial charge in [-0.1, -0.05) is 54.6 Å². The molecule has 0 aliphatic carbocycles. The number of hydrogen-bond acceptors (Lipinski definition) is 4. The normalized spacial score (nSPS) is 25.8. The highest BCUT2D eigenvalue weighted by Crippen LogP contribution is 2.44. The summed E-state index contributed by atoms with van der Waals surface area (Å²) in [6.07, 6.45) is 3.55. The summed E-state index contributed by atoms with van der Waals surface area (Å²) in [5.74, 6) is 0. The number of piperidine rings is 2. The van der Waals surface area contributed by atoms with E-state index in [1.54, 1.807) is 0 Å². The van der Waals surface area contributed by atoms with Gasteiger partial charge in [-0.25, -0.2) is 9.78 Å². The van der Waals surface area contributed by atoms with Gasteiger partial charge in [0.15, 0.2) is 0 Å². The molecule has 2 aromatic carbocycles. The lowest BCUT2D eigenvalue weighted by Crippen LogP contribution is -2.59. The van der Waals surface area contributed by atoms with Crippen molar-refractivity contribution in [3.8, 4) is 0 Å². The second kappa shape index (κ2) is 7.73. The van der Waals surface area contributed by atoms with Crippen molar-refractivity contribution in [3.05, 3.63) is 78.0 Å². The van der Waals surface area contributed by atoms with Gasteiger partial charge in [0.2, 0.25) is 0 Å². The number of fused-ring (bicyclic) bond motifs is 3. The van der Waals surface area contributed by atoms with E-state index in [-0.39, 0.29) is 24.8 Å². The van der Waals surface area contributed by atoms with Crippen molar-refractivity contribution in [2.24, 2.45) is 0 Å². The fraction of sp³-hybridized carbons (Fsp3) is 0.360. The van der Waals surface area contributed by atoms with Crippen molar-refractivity contribution < 1.29 is 14.6 Å². The van der Waals surface area contributed by atoms with E-state index in [4.69, 9.17) is 9.72 Å². The van der Waals surface area contributed by atoms with Crippen LogP contribution in [0.1, 0.15) is 43.4 Å². The third-order valence-corrected chi connectivity index (χ3v) is 6.50. The molecule has 0 radical (unpaired) electrons. The van der Waals surface area contributed by atoms with Crippen LogP contribution in [0, 0.1) is 0 Å². The number of benzene rings is 2. The SMILES string of the molecule is O=C(OCc1ccccc1)N1C2CCCC1CC(O)(c1ccc3ccccc3n1)C2. The number of aliphatic hydroxyl groups is 1. The van der Waals surface area contributed by atoms with Crippen molar-refractivity contribution in [2.45, 2.75) is 56.4 Å². The average molecular weight is 402 g/mol. The molecule has 2 aliphatic rings. The smallest absolute Gasteiger partial charge is 0.410 e. The van der Waals surface area contributed by atoms with E-state index in [2.05, 4.69) is 0 Å². The molecule has 2 aliphatic heterocycles. The van der Waals surface area contributed by atoms with Crippen LogP contribution in [0.2, 0.25) is 0 Å². The van der Waals surface area contributed by atoms with E-state index in [1.807, 2.05) is 71.6 Å².